The summed E-state index contributed by atoms with van der Waals surface area (Å²) < 4.78 is 33.1. The highest BCUT2D eigenvalue weighted by molar-refractivity contribution is 7.89. The lowest BCUT2D eigenvalue weighted by atomic mass is 10.1. The van der Waals surface area contributed by atoms with Crippen LogP contribution >= 0.6 is 11.6 Å². The Labute approximate surface area is 196 Å². The summed E-state index contributed by atoms with van der Waals surface area (Å²) in [5, 5.41) is 0.396. The molecule has 33 heavy (non-hydrogen) atoms. The van der Waals surface area contributed by atoms with Crippen LogP contribution in [0.4, 0.5) is 5.69 Å². The summed E-state index contributed by atoms with van der Waals surface area (Å²) in [5.41, 5.74) is 1.07. The first-order chi connectivity index (χ1) is 15.7. The van der Waals surface area contributed by atoms with Crippen molar-refractivity contribution in [2.75, 3.05) is 32.1 Å². The Hall–Kier alpha value is -2.95. The number of aromatic nitrogens is 2. The number of sulfonamides is 1. The van der Waals surface area contributed by atoms with Gasteiger partial charge in [-0.15, -0.1) is 0 Å². The molecule has 3 heterocycles. The molecule has 0 radical (unpaired) electrons. The van der Waals surface area contributed by atoms with Gasteiger partial charge in [0.2, 0.25) is 10.0 Å². The van der Waals surface area contributed by atoms with Gasteiger partial charge in [-0.25, -0.2) is 22.5 Å². The summed E-state index contributed by atoms with van der Waals surface area (Å²) in [7, 11) is -0.875. The summed E-state index contributed by atoms with van der Waals surface area (Å²) in [4.78, 5) is 31.8. The van der Waals surface area contributed by atoms with E-state index in [2.05, 4.69) is 4.98 Å². The Bertz CT molecular complexity index is 1380. The van der Waals surface area contributed by atoms with Crippen LogP contribution in [0.15, 0.2) is 52.3 Å². The fraction of sp³-hybridized carbons (Fsp3) is 0.318. The van der Waals surface area contributed by atoms with Gasteiger partial charge in [0.1, 0.15) is 12.3 Å². The lowest BCUT2D eigenvalue weighted by Crippen LogP contribution is -2.25. The molecular formula is C22H23ClN4O5S. The van der Waals surface area contributed by atoms with Crippen LogP contribution in [-0.4, -0.2) is 55.3 Å². The molecule has 0 amide bonds. The number of nitrogens with zero attached hydrogens (tertiary/aromatic N) is 4. The molecule has 9 nitrogen and oxygen atoms in total. The number of pyridine rings is 1. The summed E-state index contributed by atoms with van der Waals surface area (Å²) in [6.45, 7) is 1.30. The molecule has 3 aromatic rings. The standard InChI is InChI=1S/C22H23ClN4O5S/c1-25(2)33(30,31)17-6-7-19(26-9-3-4-10-26)18(12-17)22(29)32-14-16-11-21(28)27-13-15(23)5-8-20(27)24-16/h5-8,11-13H,3-4,9-10,14H2,1-2H3. The second-order valence-electron chi connectivity index (χ2n) is 7.90. The van der Waals surface area contributed by atoms with E-state index in [1.807, 2.05) is 4.90 Å². The van der Waals surface area contributed by atoms with Gasteiger partial charge in [0.05, 0.1) is 26.9 Å². The van der Waals surface area contributed by atoms with E-state index in [0.717, 1.165) is 30.2 Å². The van der Waals surface area contributed by atoms with E-state index < -0.39 is 16.0 Å². The number of hydrogen-bond donors (Lipinski definition) is 0. The third-order valence-corrected chi connectivity index (χ3v) is 7.48. The number of hydrogen-bond acceptors (Lipinski definition) is 7. The topological polar surface area (TPSA) is 101 Å². The van der Waals surface area contributed by atoms with Gasteiger partial charge in [0, 0.05) is 39.4 Å². The minimum absolute atomic E-state index is 0.00125. The predicted molar refractivity (Wildman–Crippen MR) is 124 cm³/mol. The van der Waals surface area contributed by atoms with E-state index in [1.54, 1.807) is 18.2 Å². The zero-order valence-electron chi connectivity index (χ0n) is 18.2. The van der Waals surface area contributed by atoms with Crippen molar-refractivity contribution >= 4 is 38.9 Å². The number of carbonyl (C=O) groups excluding carboxylic acids is 1. The molecule has 1 aliphatic heterocycles. The van der Waals surface area contributed by atoms with Crippen LogP contribution in [0.5, 0.6) is 0 Å². The van der Waals surface area contributed by atoms with E-state index in [0.29, 0.717) is 16.4 Å². The number of rotatable bonds is 6. The third-order valence-electron chi connectivity index (χ3n) is 5.44. The molecule has 1 aliphatic rings. The highest BCUT2D eigenvalue weighted by Gasteiger charge is 2.25. The first-order valence-corrected chi connectivity index (χ1v) is 12.1. The van der Waals surface area contributed by atoms with Gasteiger partial charge >= 0.3 is 5.97 Å². The van der Waals surface area contributed by atoms with Crippen LogP contribution in [0.3, 0.4) is 0 Å². The van der Waals surface area contributed by atoms with Crippen molar-refractivity contribution in [3.05, 3.63) is 69.2 Å². The summed E-state index contributed by atoms with van der Waals surface area (Å²) in [6.07, 6.45) is 3.43. The molecular weight excluding hydrogens is 468 g/mol. The zero-order valence-corrected chi connectivity index (χ0v) is 19.8. The van der Waals surface area contributed by atoms with Crippen molar-refractivity contribution in [3.63, 3.8) is 0 Å². The normalized spacial score (nSPS) is 14.2. The van der Waals surface area contributed by atoms with E-state index in [-0.39, 0.29) is 28.3 Å². The van der Waals surface area contributed by atoms with Crippen LogP contribution in [0.2, 0.25) is 5.02 Å². The molecule has 0 bridgehead atoms. The number of carbonyl (C=O) groups is 1. The second kappa shape index (κ2) is 9.12. The maximum atomic E-state index is 13.1. The maximum Gasteiger partial charge on any atom is 0.340 e. The molecule has 0 aliphatic carbocycles. The Balaban J connectivity index is 1.64. The van der Waals surface area contributed by atoms with Crippen LogP contribution in [0, 0.1) is 0 Å². The molecule has 0 N–H and O–H groups in total. The van der Waals surface area contributed by atoms with Gasteiger partial charge in [0.15, 0.2) is 0 Å². The number of benzene rings is 1. The van der Waals surface area contributed by atoms with Gasteiger partial charge in [0.25, 0.3) is 5.56 Å². The van der Waals surface area contributed by atoms with Crippen molar-refractivity contribution in [1.29, 1.82) is 0 Å². The van der Waals surface area contributed by atoms with Crippen molar-refractivity contribution in [2.24, 2.45) is 0 Å². The average molecular weight is 491 g/mol. The maximum absolute atomic E-state index is 13.1. The minimum Gasteiger partial charge on any atom is -0.456 e. The van der Waals surface area contributed by atoms with Crippen molar-refractivity contribution < 1.29 is 17.9 Å². The van der Waals surface area contributed by atoms with Crippen LogP contribution in [0.1, 0.15) is 28.9 Å². The molecule has 0 atom stereocenters. The van der Waals surface area contributed by atoms with Crippen LogP contribution in [0.25, 0.3) is 5.65 Å². The van der Waals surface area contributed by atoms with Gasteiger partial charge in [-0.1, -0.05) is 11.6 Å². The highest BCUT2D eigenvalue weighted by atomic mass is 35.5. The van der Waals surface area contributed by atoms with E-state index in [4.69, 9.17) is 16.3 Å². The Kier molecular flexibility index (Phi) is 6.42. The minimum atomic E-state index is -3.73. The monoisotopic (exact) mass is 490 g/mol. The van der Waals surface area contributed by atoms with Crippen molar-refractivity contribution in [2.45, 2.75) is 24.3 Å². The Morgan fingerprint density at radius 1 is 1.15 bits per heavy atom. The first kappa shape index (κ1) is 23.2. The van der Waals surface area contributed by atoms with Crippen LogP contribution in [-0.2, 0) is 21.4 Å². The molecule has 174 valence electrons. The molecule has 11 heteroatoms. The van der Waals surface area contributed by atoms with Crippen molar-refractivity contribution in [3.8, 4) is 0 Å². The average Bonchev–Trinajstić information content (AvgIpc) is 3.32. The van der Waals surface area contributed by atoms with E-state index in [1.165, 1.54) is 42.9 Å². The van der Waals surface area contributed by atoms with Crippen LogP contribution < -0.4 is 10.5 Å². The molecule has 1 fully saturated rings. The van der Waals surface area contributed by atoms with Gasteiger partial charge in [-0.2, -0.15) is 0 Å². The Morgan fingerprint density at radius 3 is 2.58 bits per heavy atom. The number of esters is 1. The number of fused-ring (bicyclic) bond motifs is 1. The number of halogens is 1. The largest absolute Gasteiger partial charge is 0.456 e. The van der Waals surface area contributed by atoms with Gasteiger partial charge in [-0.3, -0.25) is 9.20 Å². The zero-order chi connectivity index (χ0) is 23.8. The first-order valence-electron chi connectivity index (χ1n) is 10.3. The summed E-state index contributed by atoms with van der Waals surface area (Å²) in [5.74, 6) is -0.689. The van der Waals surface area contributed by atoms with Gasteiger partial charge < -0.3 is 9.64 Å². The number of anilines is 1. The molecule has 0 saturated carbocycles. The fourth-order valence-electron chi connectivity index (χ4n) is 3.70. The molecule has 0 unspecified atom stereocenters. The summed E-state index contributed by atoms with van der Waals surface area (Å²) in [6, 6.07) is 8.95. The number of ether oxygens (including phenoxy) is 1. The quantitative estimate of drug-likeness (QED) is 0.489. The van der Waals surface area contributed by atoms with Gasteiger partial charge in [-0.05, 0) is 43.2 Å². The lowest BCUT2D eigenvalue weighted by Gasteiger charge is -2.22. The SMILES string of the molecule is CN(C)S(=O)(=O)c1ccc(N2CCCC2)c(C(=O)OCc2cc(=O)n3cc(Cl)ccc3n2)c1. The molecule has 1 saturated heterocycles. The molecule has 4 rings (SSSR count). The molecule has 1 aromatic carbocycles. The lowest BCUT2D eigenvalue weighted by molar-refractivity contribution is 0.0468. The van der Waals surface area contributed by atoms with E-state index >= 15 is 0 Å². The van der Waals surface area contributed by atoms with E-state index in [9.17, 15) is 18.0 Å². The fourth-order valence-corrected chi connectivity index (χ4v) is 4.79. The Morgan fingerprint density at radius 2 is 1.88 bits per heavy atom. The smallest absolute Gasteiger partial charge is 0.340 e. The molecule has 2 aromatic heterocycles. The highest BCUT2D eigenvalue weighted by Crippen LogP contribution is 2.29. The molecule has 0 spiro atoms. The second-order valence-corrected chi connectivity index (χ2v) is 10.5. The van der Waals surface area contributed by atoms with Crippen molar-refractivity contribution in [1.82, 2.24) is 13.7 Å². The predicted octanol–water partition coefficient (Wildman–Crippen LogP) is 2.56. The summed E-state index contributed by atoms with van der Waals surface area (Å²) >= 11 is 5.93. The third kappa shape index (κ3) is 4.73.